The van der Waals surface area contributed by atoms with E-state index >= 15 is 0 Å². The van der Waals surface area contributed by atoms with Crippen molar-refractivity contribution >= 4 is 0 Å². The van der Waals surface area contributed by atoms with Crippen LogP contribution in [0.2, 0.25) is 0 Å². The van der Waals surface area contributed by atoms with E-state index in [0.717, 1.165) is 25.0 Å². The maximum atomic E-state index is 9.73. The van der Waals surface area contributed by atoms with Crippen molar-refractivity contribution in [3.8, 4) is 5.75 Å². The van der Waals surface area contributed by atoms with Gasteiger partial charge in [-0.05, 0) is 44.2 Å². The second-order valence-electron chi connectivity index (χ2n) is 6.26. The van der Waals surface area contributed by atoms with E-state index in [1.807, 2.05) is 0 Å². The smallest absolute Gasteiger partial charge is 0.125 e. The summed E-state index contributed by atoms with van der Waals surface area (Å²) in [7, 11) is 0. The Bertz CT molecular complexity index is 405. The van der Waals surface area contributed by atoms with Gasteiger partial charge in [0.05, 0.1) is 13.2 Å². The molecule has 0 aliphatic heterocycles. The number of hydrogen-bond donors (Lipinski definition) is 2. The molecule has 1 aromatic rings. The van der Waals surface area contributed by atoms with E-state index in [1.54, 1.807) is 0 Å². The summed E-state index contributed by atoms with van der Waals surface area (Å²) in [5, 5.41) is 13.2. The number of aliphatic hydroxyl groups is 1. The molecule has 2 N–H and O–H groups in total. The minimum atomic E-state index is -0.182. The average Bonchev–Trinajstić information content (AvgIpc) is 2.44. The van der Waals surface area contributed by atoms with Gasteiger partial charge in [-0.25, -0.2) is 0 Å². The molecule has 1 aromatic carbocycles. The summed E-state index contributed by atoms with van der Waals surface area (Å²) < 4.78 is 5.95. The lowest BCUT2D eigenvalue weighted by Gasteiger charge is -2.34. The van der Waals surface area contributed by atoms with Gasteiger partial charge in [0, 0.05) is 11.6 Å². The molecule has 3 heteroatoms. The molecular weight excluding hydrogens is 262 g/mol. The summed E-state index contributed by atoms with van der Waals surface area (Å²) in [5.41, 5.74) is 2.18. The molecule has 0 fully saturated rings. The third kappa shape index (κ3) is 5.33. The molecule has 120 valence electrons. The van der Waals surface area contributed by atoms with Gasteiger partial charge in [0.25, 0.3) is 0 Å². The van der Waals surface area contributed by atoms with Crippen LogP contribution < -0.4 is 10.1 Å². The average molecular weight is 293 g/mol. The second kappa shape index (κ2) is 8.40. The molecule has 0 radical (unpaired) electrons. The Morgan fingerprint density at radius 1 is 1.24 bits per heavy atom. The van der Waals surface area contributed by atoms with Gasteiger partial charge < -0.3 is 15.2 Å². The van der Waals surface area contributed by atoms with Crippen molar-refractivity contribution < 1.29 is 9.84 Å². The SMILES string of the molecule is CCC(CO)(CCCOc1c(C)cccc1C)NC(C)C. The molecule has 0 heterocycles. The Balaban J connectivity index is 2.51. The summed E-state index contributed by atoms with van der Waals surface area (Å²) in [5.74, 6) is 1.00. The van der Waals surface area contributed by atoms with E-state index in [1.165, 1.54) is 11.1 Å². The van der Waals surface area contributed by atoms with Crippen molar-refractivity contribution in [3.63, 3.8) is 0 Å². The van der Waals surface area contributed by atoms with Crippen molar-refractivity contribution in [2.45, 2.75) is 65.5 Å². The Hall–Kier alpha value is -1.06. The van der Waals surface area contributed by atoms with E-state index in [9.17, 15) is 5.11 Å². The summed E-state index contributed by atoms with van der Waals surface area (Å²) in [4.78, 5) is 0. The highest BCUT2D eigenvalue weighted by molar-refractivity contribution is 5.39. The lowest BCUT2D eigenvalue weighted by Crippen LogP contribution is -2.51. The van der Waals surface area contributed by atoms with Gasteiger partial charge in [-0.2, -0.15) is 0 Å². The van der Waals surface area contributed by atoms with Crippen molar-refractivity contribution in [1.82, 2.24) is 5.32 Å². The first-order valence-corrected chi connectivity index (χ1v) is 8.01. The number of ether oxygens (including phenoxy) is 1. The van der Waals surface area contributed by atoms with Gasteiger partial charge in [-0.1, -0.05) is 39.0 Å². The lowest BCUT2D eigenvalue weighted by atomic mass is 9.90. The minimum absolute atomic E-state index is 0.172. The van der Waals surface area contributed by atoms with Crippen LogP contribution in [0.4, 0.5) is 0 Å². The molecule has 1 rings (SSSR count). The highest BCUT2D eigenvalue weighted by Gasteiger charge is 2.27. The number of aryl methyl sites for hydroxylation is 2. The van der Waals surface area contributed by atoms with Crippen LogP contribution in [0, 0.1) is 13.8 Å². The maximum Gasteiger partial charge on any atom is 0.125 e. The molecule has 0 amide bonds. The number of aliphatic hydroxyl groups excluding tert-OH is 1. The third-order valence-corrected chi connectivity index (χ3v) is 4.03. The maximum absolute atomic E-state index is 9.73. The number of para-hydroxylation sites is 1. The van der Waals surface area contributed by atoms with Crippen LogP contribution in [0.5, 0.6) is 5.75 Å². The largest absolute Gasteiger partial charge is 0.493 e. The van der Waals surface area contributed by atoms with Crippen molar-refractivity contribution in [1.29, 1.82) is 0 Å². The first kappa shape index (κ1) is 18.0. The Morgan fingerprint density at radius 2 is 1.86 bits per heavy atom. The zero-order valence-corrected chi connectivity index (χ0v) is 14.2. The van der Waals surface area contributed by atoms with Crippen LogP contribution in [0.25, 0.3) is 0 Å². The van der Waals surface area contributed by atoms with Crippen LogP contribution >= 0.6 is 0 Å². The van der Waals surface area contributed by atoms with Gasteiger partial charge in [0.2, 0.25) is 0 Å². The van der Waals surface area contributed by atoms with E-state index < -0.39 is 0 Å². The van der Waals surface area contributed by atoms with E-state index in [-0.39, 0.29) is 12.1 Å². The zero-order valence-electron chi connectivity index (χ0n) is 14.2. The lowest BCUT2D eigenvalue weighted by molar-refractivity contribution is 0.129. The molecule has 0 aliphatic rings. The molecule has 0 saturated carbocycles. The van der Waals surface area contributed by atoms with Gasteiger partial charge >= 0.3 is 0 Å². The van der Waals surface area contributed by atoms with Crippen LogP contribution in [0.15, 0.2) is 18.2 Å². The van der Waals surface area contributed by atoms with E-state index in [2.05, 4.69) is 58.1 Å². The quantitative estimate of drug-likeness (QED) is 0.684. The Kier molecular flexibility index (Phi) is 7.20. The Labute approximate surface area is 129 Å². The molecule has 1 atom stereocenters. The third-order valence-electron chi connectivity index (χ3n) is 4.03. The van der Waals surface area contributed by atoms with Crippen molar-refractivity contribution in [2.75, 3.05) is 13.2 Å². The molecule has 0 aromatic heterocycles. The zero-order chi connectivity index (χ0) is 15.9. The molecule has 21 heavy (non-hydrogen) atoms. The van der Waals surface area contributed by atoms with Crippen LogP contribution in [-0.2, 0) is 0 Å². The second-order valence-corrected chi connectivity index (χ2v) is 6.26. The molecule has 0 bridgehead atoms. The first-order valence-electron chi connectivity index (χ1n) is 8.01. The fraction of sp³-hybridized carbons (Fsp3) is 0.667. The summed E-state index contributed by atoms with van der Waals surface area (Å²) >= 11 is 0. The summed E-state index contributed by atoms with van der Waals surface area (Å²) in [6, 6.07) is 6.58. The molecule has 1 unspecified atom stereocenters. The number of hydrogen-bond acceptors (Lipinski definition) is 3. The van der Waals surface area contributed by atoms with Gasteiger partial charge in [-0.3, -0.25) is 0 Å². The standard InChI is InChI=1S/C18H31NO2/c1-6-18(13-20,19-14(2)3)11-8-12-21-17-15(4)9-7-10-16(17)5/h7,9-10,14,19-20H,6,8,11-13H2,1-5H3. The fourth-order valence-corrected chi connectivity index (χ4v) is 2.81. The van der Waals surface area contributed by atoms with Gasteiger partial charge in [0.1, 0.15) is 5.75 Å². The number of nitrogens with one attached hydrogen (secondary N) is 1. The normalized spacial score (nSPS) is 14.2. The van der Waals surface area contributed by atoms with Crippen LogP contribution in [0.3, 0.4) is 0 Å². The predicted octanol–water partition coefficient (Wildman–Crippen LogP) is 3.60. The summed E-state index contributed by atoms with van der Waals surface area (Å²) in [6.45, 7) is 11.4. The van der Waals surface area contributed by atoms with Crippen LogP contribution in [0.1, 0.15) is 51.2 Å². The van der Waals surface area contributed by atoms with Crippen LogP contribution in [-0.4, -0.2) is 29.9 Å². The molecular formula is C18H31NO2. The fourth-order valence-electron chi connectivity index (χ4n) is 2.81. The highest BCUT2D eigenvalue weighted by atomic mass is 16.5. The van der Waals surface area contributed by atoms with E-state index in [0.29, 0.717) is 12.6 Å². The topological polar surface area (TPSA) is 41.5 Å². The highest BCUT2D eigenvalue weighted by Crippen LogP contribution is 2.23. The van der Waals surface area contributed by atoms with E-state index in [4.69, 9.17) is 4.74 Å². The van der Waals surface area contributed by atoms with Gasteiger partial charge in [0.15, 0.2) is 0 Å². The molecule has 0 aliphatic carbocycles. The molecule has 0 saturated heterocycles. The minimum Gasteiger partial charge on any atom is -0.493 e. The van der Waals surface area contributed by atoms with Crippen molar-refractivity contribution in [3.05, 3.63) is 29.3 Å². The predicted molar refractivity (Wildman–Crippen MR) is 89.0 cm³/mol. The number of rotatable bonds is 9. The van der Waals surface area contributed by atoms with Crippen molar-refractivity contribution in [2.24, 2.45) is 0 Å². The number of benzene rings is 1. The van der Waals surface area contributed by atoms with Gasteiger partial charge in [-0.15, -0.1) is 0 Å². The monoisotopic (exact) mass is 293 g/mol. The Morgan fingerprint density at radius 3 is 2.33 bits per heavy atom. The first-order chi connectivity index (χ1) is 9.94. The molecule has 3 nitrogen and oxygen atoms in total. The molecule has 0 spiro atoms. The summed E-state index contributed by atoms with van der Waals surface area (Å²) in [6.07, 6.45) is 2.77.